The molecule has 0 spiro atoms. The van der Waals surface area contributed by atoms with Crippen molar-refractivity contribution < 1.29 is 42.2 Å². The average molecular weight is 416 g/mol. The largest absolute Gasteiger partial charge is 0.477 e. The number of carboxylic acids is 1. The van der Waals surface area contributed by atoms with E-state index in [4.69, 9.17) is 4.74 Å². The van der Waals surface area contributed by atoms with E-state index in [-0.39, 0.29) is 18.4 Å². The maximum atomic E-state index is 12.6. The van der Waals surface area contributed by atoms with Gasteiger partial charge in [0.15, 0.2) is 15.2 Å². The third-order valence-corrected chi connectivity index (χ3v) is 6.28. The second-order valence-corrected chi connectivity index (χ2v) is 8.50. The highest BCUT2D eigenvalue weighted by Crippen LogP contribution is 2.36. The number of carbonyl (C=O) groups excluding carboxylic acids is 4. The fraction of sp³-hybridized carbons (Fsp3) is 0.562. The van der Waals surface area contributed by atoms with E-state index in [1.54, 1.807) is 0 Å². The monoisotopic (exact) mass is 416 g/mol. The zero-order chi connectivity index (χ0) is 21.1. The summed E-state index contributed by atoms with van der Waals surface area (Å²) in [6.45, 7) is 0.511. The SMILES string of the molecule is CC(=O)OCC1=C(C(=O)O)N2C(=O)[C@@H](NC(=O)CCCCC=O)[C@H]2S(=O)(=O)C1. The van der Waals surface area contributed by atoms with Crippen LogP contribution >= 0.6 is 0 Å². The first-order valence-corrected chi connectivity index (χ1v) is 10.2. The maximum absolute atomic E-state index is 12.6. The van der Waals surface area contributed by atoms with Gasteiger partial charge in [-0.1, -0.05) is 0 Å². The first-order valence-electron chi connectivity index (χ1n) is 8.46. The number of β-lactam (4-membered cyclic amide) rings is 1. The number of carbonyl (C=O) groups is 5. The Kier molecular flexibility index (Phi) is 6.54. The lowest BCUT2D eigenvalue weighted by Crippen LogP contribution is -2.74. The second-order valence-electron chi connectivity index (χ2n) is 6.40. The van der Waals surface area contributed by atoms with Crippen molar-refractivity contribution >= 4 is 39.9 Å². The van der Waals surface area contributed by atoms with Crippen LogP contribution in [0.15, 0.2) is 11.3 Å². The van der Waals surface area contributed by atoms with Gasteiger partial charge in [-0.05, 0) is 12.8 Å². The zero-order valence-corrected chi connectivity index (χ0v) is 15.9. The molecule has 0 bridgehead atoms. The molecule has 1 fully saturated rings. The molecule has 2 atom stereocenters. The fourth-order valence-electron chi connectivity index (χ4n) is 3.08. The van der Waals surface area contributed by atoms with Gasteiger partial charge in [-0.15, -0.1) is 0 Å². The van der Waals surface area contributed by atoms with Crippen LogP contribution in [0.25, 0.3) is 0 Å². The van der Waals surface area contributed by atoms with Gasteiger partial charge in [0.2, 0.25) is 5.91 Å². The smallest absolute Gasteiger partial charge is 0.352 e. The fourth-order valence-corrected chi connectivity index (χ4v) is 5.09. The molecule has 0 saturated carbocycles. The Bertz CT molecular complexity index is 846. The third kappa shape index (κ3) is 4.38. The van der Waals surface area contributed by atoms with Crippen LogP contribution in [-0.4, -0.2) is 72.2 Å². The number of amides is 2. The normalized spacial score (nSPS) is 22.8. The Morgan fingerprint density at radius 1 is 1.32 bits per heavy atom. The van der Waals surface area contributed by atoms with Crippen LogP contribution in [0.4, 0.5) is 0 Å². The molecule has 12 heteroatoms. The number of hydrogen-bond acceptors (Lipinski definition) is 8. The van der Waals surface area contributed by atoms with Crippen molar-refractivity contribution in [3.63, 3.8) is 0 Å². The molecule has 0 aromatic rings. The molecule has 2 aliphatic heterocycles. The van der Waals surface area contributed by atoms with Gasteiger partial charge in [0.25, 0.3) is 5.91 Å². The van der Waals surface area contributed by atoms with Gasteiger partial charge in [-0.3, -0.25) is 19.3 Å². The van der Waals surface area contributed by atoms with E-state index in [2.05, 4.69) is 5.32 Å². The number of ether oxygens (including phenoxy) is 1. The molecule has 2 rings (SSSR count). The predicted molar refractivity (Wildman–Crippen MR) is 92.2 cm³/mol. The molecule has 0 radical (unpaired) electrons. The Morgan fingerprint density at radius 3 is 2.57 bits per heavy atom. The lowest BCUT2D eigenvalue weighted by molar-refractivity contribution is -0.151. The number of esters is 1. The molecular formula is C16H20N2O9S. The molecule has 154 valence electrons. The predicted octanol–water partition coefficient (Wildman–Crippen LogP) is -1.27. The molecule has 2 amide bonds. The quantitative estimate of drug-likeness (QED) is 0.202. The van der Waals surface area contributed by atoms with Gasteiger partial charge >= 0.3 is 11.9 Å². The highest BCUT2D eigenvalue weighted by atomic mass is 32.2. The van der Waals surface area contributed by atoms with E-state index in [1.807, 2.05) is 0 Å². The average Bonchev–Trinajstić information content (AvgIpc) is 2.60. The van der Waals surface area contributed by atoms with Crippen molar-refractivity contribution in [1.29, 1.82) is 0 Å². The standard InChI is InChI=1S/C16H20N2O9S/c1-9(20)27-7-10-8-28(25,26)15-12(14(22)18(15)13(10)16(23)24)17-11(21)5-3-2-4-6-19/h6,12,15H,2-5,7-8H2,1H3,(H,17,21)(H,23,24)/t12-,15-/m1/s1. The zero-order valence-electron chi connectivity index (χ0n) is 15.0. The third-order valence-electron chi connectivity index (χ3n) is 4.31. The summed E-state index contributed by atoms with van der Waals surface area (Å²) in [7, 11) is -4.01. The van der Waals surface area contributed by atoms with E-state index in [1.165, 1.54) is 0 Å². The van der Waals surface area contributed by atoms with Gasteiger partial charge in [0, 0.05) is 25.3 Å². The van der Waals surface area contributed by atoms with E-state index in [0.717, 1.165) is 6.92 Å². The van der Waals surface area contributed by atoms with Crippen molar-refractivity contribution in [2.75, 3.05) is 12.4 Å². The summed E-state index contributed by atoms with van der Waals surface area (Å²) in [4.78, 5) is 57.7. The topological polar surface area (TPSA) is 164 Å². The number of aldehydes is 1. The van der Waals surface area contributed by atoms with Gasteiger partial charge in [-0.25, -0.2) is 13.2 Å². The lowest BCUT2D eigenvalue weighted by Gasteiger charge is -2.48. The summed E-state index contributed by atoms with van der Waals surface area (Å²) >= 11 is 0. The second kappa shape index (κ2) is 8.50. The lowest BCUT2D eigenvalue weighted by atomic mass is 10.0. The number of rotatable bonds is 9. The molecule has 0 aromatic carbocycles. The van der Waals surface area contributed by atoms with Crippen LogP contribution < -0.4 is 5.32 Å². The molecule has 2 N–H and O–H groups in total. The molecular weight excluding hydrogens is 396 g/mol. The Balaban J connectivity index is 2.19. The van der Waals surface area contributed by atoms with Crippen molar-refractivity contribution in [1.82, 2.24) is 10.2 Å². The molecule has 0 aromatic heterocycles. The van der Waals surface area contributed by atoms with Crippen molar-refractivity contribution in [2.24, 2.45) is 0 Å². The Hall–Kier alpha value is -2.76. The molecule has 2 aliphatic rings. The molecule has 0 aliphatic carbocycles. The number of aliphatic carboxylic acids is 1. The van der Waals surface area contributed by atoms with E-state index in [9.17, 15) is 37.5 Å². The minimum Gasteiger partial charge on any atom is -0.477 e. The van der Waals surface area contributed by atoms with E-state index < -0.39 is 63.1 Å². The van der Waals surface area contributed by atoms with Gasteiger partial charge in [0.1, 0.15) is 24.6 Å². The van der Waals surface area contributed by atoms with E-state index >= 15 is 0 Å². The number of nitrogens with one attached hydrogen (secondary N) is 1. The first-order chi connectivity index (χ1) is 13.1. The maximum Gasteiger partial charge on any atom is 0.352 e. The number of unbranched alkanes of at least 4 members (excludes halogenated alkanes) is 2. The van der Waals surface area contributed by atoms with E-state index in [0.29, 0.717) is 24.0 Å². The number of nitrogens with zero attached hydrogens (tertiary/aromatic N) is 1. The molecule has 11 nitrogen and oxygen atoms in total. The number of hydrogen-bond donors (Lipinski definition) is 2. The molecule has 0 unspecified atom stereocenters. The van der Waals surface area contributed by atoms with Crippen LogP contribution in [-0.2, 0) is 38.5 Å². The van der Waals surface area contributed by atoms with Gasteiger partial charge in [-0.2, -0.15) is 0 Å². The summed E-state index contributed by atoms with van der Waals surface area (Å²) in [5.74, 6) is -4.40. The van der Waals surface area contributed by atoms with Gasteiger partial charge in [0.05, 0.1) is 5.75 Å². The number of sulfone groups is 1. The molecule has 2 heterocycles. The van der Waals surface area contributed by atoms with Crippen LogP contribution in [0.5, 0.6) is 0 Å². The highest BCUT2D eigenvalue weighted by Gasteiger charge is 2.60. The first kappa shape index (κ1) is 21.5. The van der Waals surface area contributed by atoms with Crippen molar-refractivity contribution in [3.05, 3.63) is 11.3 Å². The summed E-state index contributed by atoms with van der Waals surface area (Å²) in [5, 5.41) is 10.2. The number of fused-ring (bicyclic) bond motifs is 1. The van der Waals surface area contributed by atoms with Crippen LogP contribution in [0.3, 0.4) is 0 Å². The Morgan fingerprint density at radius 2 is 2.00 bits per heavy atom. The minimum absolute atomic E-state index is 0.00369. The summed E-state index contributed by atoms with van der Waals surface area (Å²) in [6, 6.07) is -1.38. The van der Waals surface area contributed by atoms with Crippen molar-refractivity contribution in [3.8, 4) is 0 Å². The van der Waals surface area contributed by atoms with Crippen molar-refractivity contribution in [2.45, 2.75) is 44.0 Å². The van der Waals surface area contributed by atoms with Gasteiger partial charge < -0.3 is 20.0 Å². The molecule has 1 saturated heterocycles. The van der Waals surface area contributed by atoms with Crippen LogP contribution in [0, 0.1) is 0 Å². The van der Waals surface area contributed by atoms with Crippen LogP contribution in [0.1, 0.15) is 32.6 Å². The molecule has 28 heavy (non-hydrogen) atoms. The minimum atomic E-state index is -4.01. The highest BCUT2D eigenvalue weighted by molar-refractivity contribution is 7.92. The van der Waals surface area contributed by atoms with Crippen LogP contribution in [0.2, 0.25) is 0 Å². The Labute approximate surface area is 160 Å². The summed E-state index contributed by atoms with van der Waals surface area (Å²) in [5.41, 5.74) is -0.770. The number of carboxylic acid groups (broad SMARTS) is 1. The summed E-state index contributed by atoms with van der Waals surface area (Å²) in [6.07, 6.45) is 1.88. The summed E-state index contributed by atoms with van der Waals surface area (Å²) < 4.78 is 29.8.